The van der Waals surface area contributed by atoms with Crippen LogP contribution in [0.25, 0.3) is 11.4 Å². The number of sulfone groups is 1. The molecule has 0 fully saturated rings. The molecule has 1 aliphatic rings. The van der Waals surface area contributed by atoms with Crippen molar-refractivity contribution in [2.75, 3.05) is 12.0 Å². The minimum Gasteiger partial charge on any atom is -0.349 e. The summed E-state index contributed by atoms with van der Waals surface area (Å²) in [7, 11) is -3.24. The summed E-state index contributed by atoms with van der Waals surface area (Å²) in [5.74, 6) is 0.795. The molecule has 1 amide bonds. The van der Waals surface area contributed by atoms with Crippen LogP contribution in [0.4, 0.5) is 0 Å². The van der Waals surface area contributed by atoms with E-state index in [1.54, 1.807) is 24.5 Å². The Morgan fingerprint density at radius 1 is 1.31 bits per heavy atom. The maximum absolute atomic E-state index is 12.4. The normalized spacial score (nSPS) is 16.9. The van der Waals surface area contributed by atoms with E-state index in [-0.39, 0.29) is 17.7 Å². The highest BCUT2D eigenvalue weighted by Crippen LogP contribution is 2.24. The topological polar surface area (TPSA) is 107 Å². The Morgan fingerprint density at radius 3 is 2.66 bits per heavy atom. The average Bonchev–Trinajstić information content (AvgIpc) is 3.10. The first-order valence-electron chi connectivity index (χ1n) is 9.13. The van der Waals surface area contributed by atoms with Gasteiger partial charge in [0, 0.05) is 30.8 Å². The number of pyridine rings is 1. The van der Waals surface area contributed by atoms with Gasteiger partial charge in [-0.15, -0.1) is 10.2 Å². The molecule has 0 saturated heterocycles. The third-order valence-corrected chi connectivity index (χ3v) is 6.65. The number of allylic oxidation sites excluding steroid dienone is 1. The smallest absolute Gasteiger partial charge is 0.230 e. The lowest BCUT2D eigenvalue weighted by Gasteiger charge is -2.22. The molecule has 2 aromatic rings. The summed E-state index contributed by atoms with van der Waals surface area (Å²) in [5.41, 5.74) is 1.74. The zero-order chi connectivity index (χ0) is 21.0. The summed E-state index contributed by atoms with van der Waals surface area (Å²) < 4.78 is 25.3. The molecular weight excluding hydrogens is 410 g/mol. The molecule has 1 N–H and O–H groups in total. The second-order valence-electron chi connectivity index (χ2n) is 6.70. The van der Waals surface area contributed by atoms with Crippen LogP contribution >= 0.6 is 11.8 Å². The predicted octanol–water partition coefficient (Wildman–Crippen LogP) is 2.22. The SMILES string of the molecule is CCn1c(SCC(=O)NC2CC=C(S(C)(=O)=O)C=C2C)nnc1-c1ccncc1. The van der Waals surface area contributed by atoms with Gasteiger partial charge in [0.15, 0.2) is 20.8 Å². The Bertz CT molecular complexity index is 1060. The van der Waals surface area contributed by atoms with Crippen molar-refractivity contribution in [3.05, 3.63) is 47.2 Å². The lowest BCUT2D eigenvalue weighted by molar-refractivity contribution is -0.119. The Kier molecular flexibility index (Phi) is 6.53. The zero-order valence-corrected chi connectivity index (χ0v) is 18.1. The summed E-state index contributed by atoms with van der Waals surface area (Å²) in [6.45, 7) is 4.50. The molecule has 2 aromatic heterocycles. The molecule has 0 aromatic carbocycles. The van der Waals surface area contributed by atoms with E-state index in [4.69, 9.17) is 0 Å². The number of nitrogens with zero attached hydrogens (tertiary/aromatic N) is 4. The van der Waals surface area contributed by atoms with Gasteiger partial charge in [-0.1, -0.05) is 17.8 Å². The number of hydrogen-bond acceptors (Lipinski definition) is 7. The first-order chi connectivity index (χ1) is 13.8. The van der Waals surface area contributed by atoms with Crippen molar-refractivity contribution in [2.45, 2.75) is 38.0 Å². The highest BCUT2D eigenvalue weighted by atomic mass is 32.2. The van der Waals surface area contributed by atoms with Crippen molar-refractivity contribution < 1.29 is 13.2 Å². The summed E-state index contributed by atoms with van der Waals surface area (Å²) in [4.78, 5) is 16.7. The summed E-state index contributed by atoms with van der Waals surface area (Å²) in [6.07, 6.45) is 8.31. The minimum absolute atomic E-state index is 0.139. The fourth-order valence-electron chi connectivity index (χ4n) is 3.00. The fraction of sp³-hybridized carbons (Fsp3) is 0.368. The van der Waals surface area contributed by atoms with Gasteiger partial charge >= 0.3 is 0 Å². The van der Waals surface area contributed by atoms with Crippen molar-refractivity contribution in [3.8, 4) is 11.4 Å². The third kappa shape index (κ3) is 5.13. The standard InChI is InChI=1S/C19H23N5O3S2/c1-4-24-18(14-7-9-20-10-8-14)22-23-19(24)28-12-17(25)21-16-6-5-15(11-13(16)2)29(3,26)27/h5,7-11,16H,4,6,12H2,1-3H3,(H,21,25). The van der Waals surface area contributed by atoms with Gasteiger partial charge in [-0.3, -0.25) is 9.78 Å². The predicted molar refractivity (Wildman–Crippen MR) is 113 cm³/mol. The number of nitrogens with one attached hydrogen (secondary N) is 1. The van der Waals surface area contributed by atoms with E-state index in [1.807, 2.05) is 30.5 Å². The Labute approximate surface area is 174 Å². The van der Waals surface area contributed by atoms with E-state index >= 15 is 0 Å². The van der Waals surface area contributed by atoms with Gasteiger partial charge in [-0.05, 0) is 44.1 Å². The van der Waals surface area contributed by atoms with Crippen LogP contribution < -0.4 is 5.32 Å². The number of aromatic nitrogens is 4. The molecule has 1 aliphatic carbocycles. The maximum atomic E-state index is 12.4. The van der Waals surface area contributed by atoms with Crippen molar-refractivity contribution >= 4 is 27.5 Å². The van der Waals surface area contributed by atoms with Crippen molar-refractivity contribution in [1.29, 1.82) is 0 Å². The summed E-state index contributed by atoms with van der Waals surface area (Å²) in [6, 6.07) is 3.53. The average molecular weight is 434 g/mol. The highest BCUT2D eigenvalue weighted by molar-refractivity contribution is 7.99. The van der Waals surface area contributed by atoms with Crippen LogP contribution in [0.5, 0.6) is 0 Å². The summed E-state index contributed by atoms with van der Waals surface area (Å²) >= 11 is 1.32. The van der Waals surface area contributed by atoms with Crippen LogP contribution in [0.15, 0.2) is 52.3 Å². The number of amides is 1. The maximum Gasteiger partial charge on any atom is 0.230 e. The quantitative estimate of drug-likeness (QED) is 0.667. The Morgan fingerprint density at radius 2 is 2.03 bits per heavy atom. The molecule has 2 heterocycles. The van der Waals surface area contributed by atoms with Crippen molar-refractivity contribution in [2.24, 2.45) is 0 Å². The molecule has 0 saturated carbocycles. The lowest BCUT2D eigenvalue weighted by Crippen LogP contribution is -2.37. The molecule has 0 radical (unpaired) electrons. The monoisotopic (exact) mass is 433 g/mol. The molecule has 29 heavy (non-hydrogen) atoms. The van der Waals surface area contributed by atoms with E-state index in [2.05, 4.69) is 20.5 Å². The number of hydrogen-bond donors (Lipinski definition) is 1. The van der Waals surface area contributed by atoms with Crippen LogP contribution in [-0.2, 0) is 21.2 Å². The van der Waals surface area contributed by atoms with Gasteiger partial charge in [0.1, 0.15) is 0 Å². The van der Waals surface area contributed by atoms with Gasteiger partial charge in [-0.25, -0.2) is 8.42 Å². The second-order valence-corrected chi connectivity index (χ2v) is 9.66. The van der Waals surface area contributed by atoms with E-state index in [1.165, 1.54) is 18.0 Å². The fourth-order valence-corrected chi connectivity index (χ4v) is 4.61. The molecule has 154 valence electrons. The van der Waals surface area contributed by atoms with Gasteiger partial charge in [0.25, 0.3) is 0 Å². The molecule has 10 heteroatoms. The molecule has 8 nitrogen and oxygen atoms in total. The van der Waals surface area contributed by atoms with Gasteiger partial charge in [-0.2, -0.15) is 0 Å². The number of carbonyl (C=O) groups excluding carboxylic acids is 1. The number of rotatable bonds is 7. The van der Waals surface area contributed by atoms with Gasteiger partial charge in [0.2, 0.25) is 5.91 Å². The lowest BCUT2D eigenvalue weighted by atomic mass is 10.0. The second kappa shape index (κ2) is 8.91. The molecule has 3 rings (SSSR count). The molecule has 0 aliphatic heterocycles. The largest absolute Gasteiger partial charge is 0.349 e. The first-order valence-corrected chi connectivity index (χ1v) is 12.0. The first kappa shape index (κ1) is 21.3. The van der Waals surface area contributed by atoms with Crippen molar-refractivity contribution in [3.63, 3.8) is 0 Å². The molecule has 0 spiro atoms. The Balaban J connectivity index is 1.62. The third-order valence-electron chi connectivity index (χ3n) is 4.54. The van der Waals surface area contributed by atoms with E-state index in [9.17, 15) is 13.2 Å². The molecule has 1 atom stereocenters. The van der Waals surface area contributed by atoms with Gasteiger partial charge in [0.05, 0.1) is 16.7 Å². The molecule has 0 bridgehead atoms. The molecule has 1 unspecified atom stereocenters. The summed E-state index contributed by atoms with van der Waals surface area (Å²) in [5, 5.41) is 12.1. The van der Waals surface area contributed by atoms with Gasteiger partial charge < -0.3 is 9.88 Å². The van der Waals surface area contributed by atoms with Crippen LogP contribution in [0, 0.1) is 0 Å². The number of thioether (sulfide) groups is 1. The number of carbonyl (C=O) groups is 1. The van der Waals surface area contributed by atoms with Crippen LogP contribution in [0.1, 0.15) is 20.3 Å². The van der Waals surface area contributed by atoms with E-state index < -0.39 is 9.84 Å². The van der Waals surface area contributed by atoms with Crippen LogP contribution in [-0.4, -0.2) is 52.1 Å². The van der Waals surface area contributed by atoms with E-state index in [0.29, 0.717) is 23.0 Å². The zero-order valence-electron chi connectivity index (χ0n) is 16.5. The molecular formula is C19H23N5O3S2. The van der Waals surface area contributed by atoms with Crippen LogP contribution in [0.2, 0.25) is 0 Å². The van der Waals surface area contributed by atoms with Crippen molar-refractivity contribution in [1.82, 2.24) is 25.1 Å². The Hall–Kier alpha value is -2.46. The van der Waals surface area contributed by atoms with E-state index in [0.717, 1.165) is 17.0 Å². The minimum atomic E-state index is -3.24. The van der Waals surface area contributed by atoms with Crippen LogP contribution in [0.3, 0.4) is 0 Å². The highest BCUT2D eigenvalue weighted by Gasteiger charge is 2.21.